The molecule has 7 heteroatoms. The van der Waals surface area contributed by atoms with Gasteiger partial charge in [0, 0.05) is 41.8 Å². The fourth-order valence-electron chi connectivity index (χ4n) is 4.64. The molecule has 0 spiro atoms. The normalized spacial score (nSPS) is 14.0. The zero-order valence-corrected chi connectivity index (χ0v) is 21.6. The molecular weight excluding hydrogens is 462 g/mol. The fraction of sp³-hybridized carbons (Fsp3) is 0.267. The van der Waals surface area contributed by atoms with Crippen molar-refractivity contribution in [2.75, 3.05) is 24.3 Å². The number of anilines is 2. The molecular formula is C30H31N5O2. The Morgan fingerprint density at radius 2 is 1.68 bits per heavy atom. The highest BCUT2D eigenvalue weighted by Crippen LogP contribution is 2.35. The number of pyridine rings is 3. The minimum Gasteiger partial charge on any atom is -0.495 e. The van der Waals surface area contributed by atoms with Crippen molar-refractivity contribution in [1.29, 1.82) is 0 Å². The number of carbonyl (C=O) groups excluding carboxylic acids is 1. The first-order valence-electron chi connectivity index (χ1n) is 12.5. The molecule has 2 N–H and O–H groups in total. The van der Waals surface area contributed by atoms with Crippen molar-refractivity contribution in [2.45, 2.75) is 32.6 Å². The first-order chi connectivity index (χ1) is 17.9. The number of nitrogens with one attached hydrogen (secondary N) is 2. The maximum atomic E-state index is 13.6. The van der Waals surface area contributed by atoms with E-state index in [4.69, 9.17) is 4.74 Å². The van der Waals surface area contributed by atoms with Crippen LogP contribution in [0.15, 0.2) is 73.3 Å². The molecule has 1 aliphatic rings. The van der Waals surface area contributed by atoms with Gasteiger partial charge in [-0.25, -0.2) is 9.97 Å². The van der Waals surface area contributed by atoms with E-state index < -0.39 is 5.41 Å². The number of nitrogens with zero attached hydrogens (tertiary/aromatic N) is 3. The van der Waals surface area contributed by atoms with Crippen molar-refractivity contribution >= 4 is 17.5 Å². The first-order valence-corrected chi connectivity index (χ1v) is 12.5. The summed E-state index contributed by atoms with van der Waals surface area (Å²) in [6, 6.07) is 16.1. The van der Waals surface area contributed by atoms with E-state index in [1.807, 2.05) is 43.5 Å². The molecule has 3 aromatic heterocycles. The highest BCUT2D eigenvalue weighted by atomic mass is 16.5. The lowest BCUT2D eigenvalue weighted by molar-refractivity contribution is -0.122. The largest absolute Gasteiger partial charge is 0.495 e. The average molecular weight is 494 g/mol. The predicted octanol–water partition coefficient (Wildman–Crippen LogP) is 5.73. The summed E-state index contributed by atoms with van der Waals surface area (Å²) in [7, 11) is 1.61. The summed E-state index contributed by atoms with van der Waals surface area (Å²) in [5.74, 6) is 2.13. The quantitative estimate of drug-likeness (QED) is 0.342. The van der Waals surface area contributed by atoms with Crippen LogP contribution in [-0.2, 0) is 16.6 Å². The molecule has 188 valence electrons. The molecule has 0 aliphatic carbocycles. The van der Waals surface area contributed by atoms with E-state index in [9.17, 15) is 4.79 Å². The molecule has 0 radical (unpaired) electrons. The summed E-state index contributed by atoms with van der Waals surface area (Å²) in [6.07, 6.45) is 8.04. The van der Waals surface area contributed by atoms with Gasteiger partial charge in [0.15, 0.2) is 0 Å². The molecule has 0 saturated heterocycles. The predicted molar refractivity (Wildman–Crippen MR) is 147 cm³/mol. The Morgan fingerprint density at radius 1 is 0.946 bits per heavy atom. The Bertz CT molecular complexity index is 1420. The number of aromatic nitrogens is 3. The van der Waals surface area contributed by atoms with Crippen LogP contribution < -0.4 is 15.4 Å². The summed E-state index contributed by atoms with van der Waals surface area (Å²) < 4.78 is 5.26. The molecule has 0 saturated carbocycles. The summed E-state index contributed by atoms with van der Waals surface area (Å²) >= 11 is 0. The van der Waals surface area contributed by atoms with Crippen molar-refractivity contribution in [3.05, 3.63) is 84.4 Å². The number of fused-ring (bicyclic) bond motifs is 1. The molecule has 0 fully saturated rings. The number of benzene rings is 1. The van der Waals surface area contributed by atoms with Crippen LogP contribution in [0.3, 0.4) is 0 Å². The Hall–Kier alpha value is -4.26. The Kier molecular flexibility index (Phi) is 6.61. The molecule has 1 atom stereocenters. The van der Waals surface area contributed by atoms with Gasteiger partial charge in [0.05, 0.1) is 18.7 Å². The monoisotopic (exact) mass is 493 g/mol. The van der Waals surface area contributed by atoms with Gasteiger partial charge in [-0.2, -0.15) is 0 Å². The maximum Gasteiger partial charge on any atom is 0.236 e. The lowest BCUT2D eigenvalue weighted by Crippen LogP contribution is -2.42. The molecule has 1 unspecified atom stereocenters. The van der Waals surface area contributed by atoms with Crippen molar-refractivity contribution in [3.63, 3.8) is 0 Å². The molecule has 1 aliphatic heterocycles. The van der Waals surface area contributed by atoms with E-state index in [2.05, 4.69) is 57.6 Å². The molecule has 1 aromatic carbocycles. The van der Waals surface area contributed by atoms with Gasteiger partial charge in [-0.1, -0.05) is 38.1 Å². The first kappa shape index (κ1) is 24.4. The van der Waals surface area contributed by atoms with Gasteiger partial charge in [0.2, 0.25) is 5.91 Å². The lowest BCUT2D eigenvalue weighted by atomic mass is 9.72. The second kappa shape index (κ2) is 10.0. The van der Waals surface area contributed by atoms with Gasteiger partial charge in [-0.05, 0) is 60.2 Å². The third kappa shape index (κ3) is 4.77. The van der Waals surface area contributed by atoms with Crippen LogP contribution in [0.4, 0.5) is 11.6 Å². The number of methoxy groups -OCH3 is 1. The van der Waals surface area contributed by atoms with Crippen LogP contribution in [0.2, 0.25) is 0 Å². The van der Waals surface area contributed by atoms with Gasteiger partial charge >= 0.3 is 0 Å². The van der Waals surface area contributed by atoms with Crippen molar-refractivity contribution in [1.82, 2.24) is 15.0 Å². The number of hydrogen-bond donors (Lipinski definition) is 2. The van der Waals surface area contributed by atoms with Crippen LogP contribution in [0.25, 0.3) is 22.3 Å². The standard InChI is InChI=1S/C30H31N5O2/c1-19(2)30(3,25-8-5-20(6-9-25)23-13-21-11-12-32-28(21)34-17-23)29(36)35-27-10-7-22(16-33-27)24-14-26(37-4)18-31-15-24/h5-10,13-19H,11-12H2,1-4H3,(H,32,34)(H,33,35,36). The minimum absolute atomic E-state index is 0.0632. The Labute approximate surface area is 217 Å². The smallest absolute Gasteiger partial charge is 0.236 e. The van der Waals surface area contributed by atoms with E-state index in [1.54, 1.807) is 25.7 Å². The average Bonchev–Trinajstić information content (AvgIpc) is 3.41. The van der Waals surface area contributed by atoms with Crippen molar-refractivity contribution < 1.29 is 9.53 Å². The molecule has 7 nitrogen and oxygen atoms in total. The summed E-state index contributed by atoms with van der Waals surface area (Å²) in [4.78, 5) is 26.8. The zero-order chi connectivity index (χ0) is 26.0. The summed E-state index contributed by atoms with van der Waals surface area (Å²) in [5, 5.41) is 6.33. The summed E-state index contributed by atoms with van der Waals surface area (Å²) in [6.45, 7) is 7.05. The van der Waals surface area contributed by atoms with E-state index in [-0.39, 0.29) is 11.8 Å². The molecule has 1 amide bonds. The zero-order valence-electron chi connectivity index (χ0n) is 21.6. The second-order valence-electron chi connectivity index (χ2n) is 9.84. The van der Waals surface area contributed by atoms with Crippen molar-refractivity contribution in [3.8, 4) is 28.0 Å². The molecule has 5 rings (SSSR count). The van der Waals surface area contributed by atoms with Crippen LogP contribution in [0, 0.1) is 5.92 Å². The maximum absolute atomic E-state index is 13.6. The van der Waals surface area contributed by atoms with Crippen LogP contribution in [0.1, 0.15) is 31.9 Å². The van der Waals surface area contributed by atoms with Gasteiger partial charge in [-0.3, -0.25) is 9.78 Å². The van der Waals surface area contributed by atoms with Gasteiger partial charge in [0.25, 0.3) is 0 Å². The third-order valence-electron chi connectivity index (χ3n) is 7.38. The number of rotatable bonds is 7. The molecule has 0 bridgehead atoms. The van der Waals surface area contributed by atoms with E-state index in [0.29, 0.717) is 11.6 Å². The Morgan fingerprint density at radius 3 is 2.38 bits per heavy atom. The van der Waals surface area contributed by atoms with Crippen LogP contribution in [0.5, 0.6) is 5.75 Å². The highest BCUT2D eigenvalue weighted by Gasteiger charge is 2.38. The van der Waals surface area contributed by atoms with E-state index in [0.717, 1.165) is 46.6 Å². The number of amides is 1. The van der Waals surface area contributed by atoms with Crippen LogP contribution >= 0.6 is 0 Å². The molecule has 4 heterocycles. The van der Waals surface area contributed by atoms with E-state index in [1.165, 1.54) is 5.56 Å². The fourth-order valence-corrected chi connectivity index (χ4v) is 4.64. The highest BCUT2D eigenvalue weighted by molar-refractivity contribution is 5.98. The number of carbonyl (C=O) groups is 1. The van der Waals surface area contributed by atoms with Crippen LogP contribution in [-0.4, -0.2) is 34.5 Å². The third-order valence-corrected chi connectivity index (χ3v) is 7.38. The number of ether oxygens (including phenoxy) is 1. The molecule has 37 heavy (non-hydrogen) atoms. The Balaban J connectivity index is 1.35. The minimum atomic E-state index is -0.740. The topological polar surface area (TPSA) is 89.0 Å². The SMILES string of the molecule is COc1cncc(-c2ccc(NC(=O)C(C)(c3ccc(-c4cnc5c(c4)CCN5)cc3)C(C)C)nc2)c1. The van der Waals surface area contributed by atoms with Gasteiger partial charge in [0.1, 0.15) is 17.4 Å². The molecule has 4 aromatic rings. The van der Waals surface area contributed by atoms with Gasteiger partial charge in [-0.15, -0.1) is 0 Å². The van der Waals surface area contributed by atoms with Gasteiger partial charge < -0.3 is 15.4 Å². The van der Waals surface area contributed by atoms with E-state index >= 15 is 0 Å². The number of hydrogen-bond acceptors (Lipinski definition) is 6. The summed E-state index contributed by atoms with van der Waals surface area (Å²) in [5.41, 5.74) is 5.42. The second-order valence-corrected chi connectivity index (χ2v) is 9.84. The lowest BCUT2D eigenvalue weighted by Gasteiger charge is -2.33. The van der Waals surface area contributed by atoms with Crippen molar-refractivity contribution in [2.24, 2.45) is 5.92 Å².